The first kappa shape index (κ1) is 14.3. The van der Waals surface area contributed by atoms with Crippen molar-refractivity contribution >= 4 is 5.69 Å². The maximum absolute atomic E-state index is 2.61. The van der Waals surface area contributed by atoms with E-state index in [0.29, 0.717) is 6.04 Å². The minimum Gasteiger partial charge on any atom is -0.364 e. The minimum atomic E-state index is 0.475. The van der Waals surface area contributed by atoms with E-state index in [-0.39, 0.29) is 0 Å². The molecular formula is C22H23N. The topological polar surface area (TPSA) is 3.24 Å². The Hall–Kier alpha value is -2.28. The van der Waals surface area contributed by atoms with Gasteiger partial charge in [-0.3, -0.25) is 0 Å². The lowest BCUT2D eigenvalue weighted by Gasteiger charge is -2.44. The minimum absolute atomic E-state index is 0.475. The van der Waals surface area contributed by atoms with Gasteiger partial charge in [-0.05, 0) is 48.4 Å². The molecule has 2 aromatic carbocycles. The molecule has 2 aromatic rings. The van der Waals surface area contributed by atoms with Crippen molar-refractivity contribution in [1.82, 2.24) is 0 Å². The molecule has 1 saturated heterocycles. The zero-order chi connectivity index (χ0) is 15.5. The monoisotopic (exact) mass is 301 g/mol. The van der Waals surface area contributed by atoms with Crippen molar-refractivity contribution in [3.8, 4) is 0 Å². The Morgan fingerprint density at radius 1 is 0.913 bits per heavy atom. The summed E-state index contributed by atoms with van der Waals surface area (Å²) in [6, 6.07) is 22.3. The van der Waals surface area contributed by atoms with Gasteiger partial charge in [-0.25, -0.2) is 0 Å². The summed E-state index contributed by atoms with van der Waals surface area (Å²) >= 11 is 0. The molecule has 4 rings (SSSR count). The van der Waals surface area contributed by atoms with Gasteiger partial charge in [0.2, 0.25) is 0 Å². The maximum Gasteiger partial charge on any atom is 0.0548 e. The zero-order valence-corrected chi connectivity index (χ0v) is 13.4. The van der Waals surface area contributed by atoms with Crippen LogP contribution >= 0.6 is 0 Å². The Labute approximate surface area is 139 Å². The molecule has 2 aliphatic rings. The Morgan fingerprint density at radius 2 is 1.65 bits per heavy atom. The lowest BCUT2D eigenvalue weighted by atomic mass is 9.78. The molecule has 0 bridgehead atoms. The fourth-order valence-corrected chi connectivity index (χ4v) is 3.99. The average Bonchev–Trinajstić information content (AvgIpc) is 2.64. The number of fused-ring (bicyclic) bond motifs is 1. The first-order chi connectivity index (χ1) is 11.4. The van der Waals surface area contributed by atoms with Gasteiger partial charge in [0.1, 0.15) is 0 Å². The normalized spacial score (nSPS) is 23.3. The number of rotatable bonds is 3. The summed E-state index contributed by atoms with van der Waals surface area (Å²) in [6.45, 7) is 1.15. The van der Waals surface area contributed by atoms with Gasteiger partial charge in [-0.15, -0.1) is 0 Å². The second kappa shape index (κ2) is 6.45. The second-order valence-corrected chi connectivity index (χ2v) is 6.55. The molecule has 23 heavy (non-hydrogen) atoms. The van der Waals surface area contributed by atoms with E-state index in [2.05, 4.69) is 83.8 Å². The molecule has 0 radical (unpaired) electrons. The number of para-hydroxylation sites is 1. The van der Waals surface area contributed by atoms with E-state index in [1.54, 1.807) is 5.57 Å². The molecule has 0 N–H and O–H groups in total. The van der Waals surface area contributed by atoms with E-state index in [1.165, 1.54) is 24.1 Å². The van der Waals surface area contributed by atoms with Crippen LogP contribution in [0.25, 0.3) is 0 Å². The van der Waals surface area contributed by atoms with Crippen molar-refractivity contribution in [3.05, 3.63) is 90.0 Å². The molecule has 0 spiro atoms. The van der Waals surface area contributed by atoms with Gasteiger partial charge < -0.3 is 4.90 Å². The van der Waals surface area contributed by atoms with E-state index >= 15 is 0 Å². The third-order valence-corrected chi connectivity index (χ3v) is 5.16. The largest absolute Gasteiger partial charge is 0.364 e. The summed E-state index contributed by atoms with van der Waals surface area (Å²) in [6.07, 6.45) is 10.5. The molecule has 0 aromatic heterocycles. The van der Waals surface area contributed by atoms with Gasteiger partial charge in [0.25, 0.3) is 0 Å². The van der Waals surface area contributed by atoms with Crippen LogP contribution in [0.15, 0.2) is 84.5 Å². The molecule has 116 valence electrons. The average molecular weight is 301 g/mol. The molecule has 1 heteroatoms. The fourth-order valence-electron chi connectivity index (χ4n) is 3.99. The van der Waals surface area contributed by atoms with Crippen LogP contribution in [0.1, 0.15) is 18.4 Å². The van der Waals surface area contributed by atoms with Gasteiger partial charge >= 0.3 is 0 Å². The van der Waals surface area contributed by atoms with Crippen molar-refractivity contribution in [3.63, 3.8) is 0 Å². The van der Waals surface area contributed by atoms with E-state index in [1.807, 2.05) is 0 Å². The van der Waals surface area contributed by atoms with Crippen molar-refractivity contribution in [2.75, 3.05) is 11.4 Å². The Morgan fingerprint density at radius 3 is 2.43 bits per heavy atom. The van der Waals surface area contributed by atoms with E-state index < -0.39 is 0 Å². The van der Waals surface area contributed by atoms with Crippen LogP contribution in [-0.2, 0) is 6.42 Å². The SMILES string of the molecule is C1=CCC2CCN(c3ccccc3)C(Cc3ccccc3)C2=C1. The number of anilines is 1. The number of allylic oxidation sites excluding steroid dienone is 3. The summed E-state index contributed by atoms with van der Waals surface area (Å²) in [5.41, 5.74) is 4.39. The van der Waals surface area contributed by atoms with Crippen LogP contribution < -0.4 is 4.90 Å². The standard InChI is InChI=1S/C22H23N/c1-3-9-18(10-4-1)17-22-21-14-8-7-11-19(21)15-16-23(22)20-12-5-2-6-13-20/h1-10,12-14,19,22H,11,15-17H2. The highest BCUT2D eigenvalue weighted by Gasteiger charge is 2.33. The summed E-state index contributed by atoms with van der Waals surface area (Å²) in [5.74, 6) is 0.730. The number of hydrogen-bond donors (Lipinski definition) is 0. The molecule has 1 heterocycles. The van der Waals surface area contributed by atoms with Crippen LogP contribution in [0.3, 0.4) is 0 Å². The predicted molar refractivity (Wildman–Crippen MR) is 97.7 cm³/mol. The van der Waals surface area contributed by atoms with E-state index in [9.17, 15) is 0 Å². The lowest BCUT2D eigenvalue weighted by Crippen LogP contribution is -2.46. The van der Waals surface area contributed by atoms with Crippen molar-refractivity contribution in [1.29, 1.82) is 0 Å². The maximum atomic E-state index is 2.61. The third-order valence-electron chi connectivity index (χ3n) is 5.16. The van der Waals surface area contributed by atoms with Crippen LogP contribution in [0, 0.1) is 5.92 Å². The quantitative estimate of drug-likeness (QED) is 0.770. The number of benzene rings is 2. The first-order valence-corrected chi connectivity index (χ1v) is 8.64. The van der Waals surface area contributed by atoms with Crippen LogP contribution in [0.2, 0.25) is 0 Å². The second-order valence-electron chi connectivity index (χ2n) is 6.55. The van der Waals surface area contributed by atoms with Crippen molar-refractivity contribution < 1.29 is 0 Å². The Kier molecular flexibility index (Phi) is 4.02. The van der Waals surface area contributed by atoms with Crippen molar-refractivity contribution in [2.45, 2.75) is 25.3 Å². The smallest absolute Gasteiger partial charge is 0.0548 e. The molecule has 2 atom stereocenters. The highest BCUT2D eigenvalue weighted by molar-refractivity contribution is 5.52. The van der Waals surface area contributed by atoms with Gasteiger partial charge in [0.05, 0.1) is 6.04 Å². The Balaban J connectivity index is 1.70. The van der Waals surface area contributed by atoms with E-state index in [0.717, 1.165) is 18.9 Å². The predicted octanol–water partition coefficient (Wildman–Crippen LogP) is 5.01. The summed E-state index contributed by atoms with van der Waals surface area (Å²) in [5, 5.41) is 0. The summed E-state index contributed by atoms with van der Waals surface area (Å²) in [4.78, 5) is 2.61. The molecule has 2 unspecified atom stereocenters. The number of nitrogens with zero attached hydrogens (tertiary/aromatic N) is 1. The van der Waals surface area contributed by atoms with Crippen LogP contribution in [0.5, 0.6) is 0 Å². The zero-order valence-electron chi connectivity index (χ0n) is 13.4. The molecule has 1 aliphatic heterocycles. The molecule has 0 saturated carbocycles. The number of hydrogen-bond acceptors (Lipinski definition) is 1. The van der Waals surface area contributed by atoms with Crippen LogP contribution in [-0.4, -0.2) is 12.6 Å². The van der Waals surface area contributed by atoms with Gasteiger partial charge in [-0.2, -0.15) is 0 Å². The summed E-state index contributed by atoms with van der Waals surface area (Å²) in [7, 11) is 0. The fraction of sp³-hybridized carbons (Fsp3) is 0.273. The summed E-state index contributed by atoms with van der Waals surface area (Å²) < 4.78 is 0. The van der Waals surface area contributed by atoms with Crippen molar-refractivity contribution in [2.24, 2.45) is 5.92 Å². The molecule has 0 amide bonds. The number of piperidine rings is 1. The highest BCUT2D eigenvalue weighted by Crippen LogP contribution is 2.37. The Bertz CT molecular complexity index is 699. The molecule has 1 aliphatic carbocycles. The highest BCUT2D eigenvalue weighted by atomic mass is 15.2. The van der Waals surface area contributed by atoms with Crippen LogP contribution in [0.4, 0.5) is 5.69 Å². The first-order valence-electron chi connectivity index (χ1n) is 8.64. The lowest BCUT2D eigenvalue weighted by molar-refractivity contribution is 0.439. The van der Waals surface area contributed by atoms with Gasteiger partial charge in [0, 0.05) is 12.2 Å². The van der Waals surface area contributed by atoms with E-state index in [4.69, 9.17) is 0 Å². The van der Waals surface area contributed by atoms with Gasteiger partial charge in [0.15, 0.2) is 0 Å². The molecular weight excluding hydrogens is 278 g/mol. The van der Waals surface area contributed by atoms with Gasteiger partial charge in [-0.1, -0.05) is 66.8 Å². The molecule has 1 nitrogen and oxygen atoms in total. The third kappa shape index (κ3) is 2.96. The molecule has 1 fully saturated rings.